The van der Waals surface area contributed by atoms with Crippen molar-refractivity contribution in [2.24, 2.45) is 0 Å². The van der Waals surface area contributed by atoms with Gasteiger partial charge in [-0.05, 0) is 45.0 Å². The van der Waals surface area contributed by atoms with Crippen LogP contribution in [0.5, 0.6) is 5.75 Å². The van der Waals surface area contributed by atoms with Gasteiger partial charge in [-0.2, -0.15) is 0 Å². The maximum Gasteiger partial charge on any atom is 0.239 e. The molecular formula is C18H29N3O2. The summed E-state index contributed by atoms with van der Waals surface area (Å²) in [6.07, 6.45) is 0.790. The second-order valence-corrected chi connectivity index (χ2v) is 6.68. The molecule has 1 amide bonds. The third-order valence-corrected chi connectivity index (χ3v) is 4.92. The van der Waals surface area contributed by atoms with E-state index >= 15 is 0 Å². The molecule has 2 atom stereocenters. The van der Waals surface area contributed by atoms with Crippen LogP contribution in [0.1, 0.15) is 19.4 Å². The van der Waals surface area contributed by atoms with E-state index in [4.69, 9.17) is 0 Å². The van der Waals surface area contributed by atoms with Crippen LogP contribution in [0.2, 0.25) is 0 Å². The van der Waals surface area contributed by atoms with Crippen LogP contribution in [0, 0.1) is 0 Å². The molecule has 2 rings (SSSR count). The number of carbonyl (C=O) groups excluding carboxylic acids is 1. The first-order chi connectivity index (χ1) is 10.9. The molecule has 1 saturated heterocycles. The zero-order chi connectivity index (χ0) is 17.0. The van der Waals surface area contributed by atoms with Crippen LogP contribution >= 0.6 is 0 Å². The van der Waals surface area contributed by atoms with Gasteiger partial charge in [-0.1, -0.05) is 12.1 Å². The fourth-order valence-electron chi connectivity index (χ4n) is 2.99. The molecule has 1 heterocycles. The Morgan fingerprint density at radius 1 is 1.17 bits per heavy atom. The van der Waals surface area contributed by atoms with Crippen LogP contribution in [0.25, 0.3) is 0 Å². The highest BCUT2D eigenvalue weighted by Gasteiger charge is 2.28. The van der Waals surface area contributed by atoms with E-state index in [-0.39, 0.29) is 23.7 Å². The van der Waals surface area contributed by atoms with Crippen LogP contribution < -0.4 is 0 Å². The predicted molar refractivity (Wildman–Crippen MR) is 92.6 cm³/mol. The molecule has 23 heavy (non-hydrogen) atoms. The van der Waals surface area contributed by atoms with Crippen molar-refractivity contribution in [1.29, 1.82) is 0 Å². The molecule has 1 aliphatic heterocycles. The Morgan fingerprint density at radius 2 is 1.74 bits per heavy atom. The minimum atomic E-state index is -0.0732. The topological polar surface area (TPSA) is 47.0 Å². The SMILES string of the molecule is C[C@H](Cc1ccc(O)cc1)N(C)C(=O)[C@H](C)N1CCN(C)CC1. The quantitative estimate of drug-likeness (QED) is 0.892. The molecule has 0 aliphatic carbocycles. The molecule has 0 unspecified atom stereocenters. The van der Waals surface area contributed by atoms with E-state index in [0.29, 0.717) is 0 Å². The number of benzene rings is 1. The number of phenolic OH excluding ortho intramolecular Hbond substituents is 1. The van der Waals surface area contributed by atoms with Crippen molar-refractivity contribution in [2.75, 3.05) is 40.3 Å². The lowest BCUT2D eigenvalue weighted by Gasteiger charge is -2.38. The first kappa shape index (κ1) is 17.8. The third kappa shape index (κ3) is 4.69. The van der Waals surface area contributed by atoms with E-state index in [0.717, 1.165) is 38.2 Å². The Labute approximate surface area is 139 Å². The highest BCUT2D eigenvalue weighted by molar-refractivity contribution is 5.81. The molecule has 0 radical (unpaired) electrons. The average Bonchev–Trinajstić information content (AvgIpc) is 2.55. The zero-order valence-corrected chi connectivity index (χ0v) is 14.7. The number of aromatic hydroxyl groups is 1. The van der Waals surface area contributed by atoms with E-state index in [1.165, 1.54) is 0 Å². The van der Waals surface area contributed by atoms with Gasteiger partial charge >= 0.3 is 0 Å². The largest absolute Gasteiger partial charge is 0.508 e. The zero-order valence-electron chi connectivity index (χ0n) is 14.7. The summed E-state index contributed by atoms with van der Waals surface area (Å²) in [5.41, 5.74) is 1.13. The van der Waals surface area contributed by atoms with Crippen molar-refractivity contribution < 1.29 is 9.90 Å². The van der Waals surface area contributed by atoms with E-state index < -0.39 is 0 Å². The minimum absolute atomic E-state index is 0.0732. The van der Waals surface area contributed by atoms with Crippen LogP contribution in [-0.2, 0) is 11.2 Å². The molecule has 0 aromatic heterocycles. The summed E-state index contributed by atoms with van der Waals surface area (Å²) in [6.45, 7) is 8.01. The predicted octanol–water partition coefficient (Wildman–Crippen LogP) is 1.42. The summed E-state index contributed by atoms with van der Waals surface area (Å²) in [5, 5.41) is 9.35. The summed E-state index contributed by atoms with van der Waals surface area (Å²) in [6, 6.07) is 7.26. The monoisotopic (exact) mass is 319 g/mol. The van der Waals surface area contributed by atoms with E-state index in [9.17, 15) is 9.90 Å². The van der Waals surface area contributed by atoms with E-state index in [1.54, 1.807) is 12.1 Å². The van der Waals surface area contributed by atoms with Crippen molar-refractivity contribution >= 4 is 5.91 Å². The summed E-state index contributed by atoms with van der Waals surface area (Å²) >= 11 is 0. The normalized spacial score (nSPS) is 19.3. The molecular weight excluding hydrogens is 290 g/mol. The number of carbonyl (C=O) groups is 1. The minimum Gasteiger partial charge on any atom is -0.508 e. The molecule has 0 bridgehead atoms. The molecule has 128 valence electrons. The molecule has 1 aromatic carbocycles. The van der Waals surface area contributed by atoms with Gasteiger partial charge in [0.05, 0.1) is 6.04 Å². The number of hydrogen-bond acceptors (Lipinski definition) is 4. The summed E-state index contributed by atoms with van der Waals surface area (Å²) < 4.78 is 0. The van der Waals surface area contributed by atoms with Crippen LogP contribution in [0.3, 0.4) is 0 Å². The summed E-state index contributed by atoms with van der Waals surface area (Å²) in [4.78, 5) is 19.2. The summed E-state index contributed by atoms with van der Waals surface area (Å²) in [5.74, 6) is 0.454. The number of likely N-dealkylation sites (N-methyl/N-ethyl adjacent to an activating group) is 2. The molecule has 5 heteroatoms. The Kier molecular flexibility index (Phi) is 6.02. The van der Waals surface area contributed by atoms with Gasteiger partial charge in [0.15, 0.2) is 0 Å². The van der Waals surface area contributed by atoms with Gasteiger partial charge < -0.3 is 14.9 Å². The number of rotatable bonds is 5. The van der Waals surface area contributed by atoms with Crippen LogP contribution in [-0.4, -0.2) is 78.1 Å². The van der Waals surface area contributed by atoms with E-state index in [2.05, 4.69) is 23.8 Å². The molecule has 0 spiro atoms. The number of nitrogens with zero attached hydrogens (tertiary/aromatic N) is 3. The molecule has 0 saturated carbocycles. The number of amides is 1. The number of piperazine rings is 1. The maximum atomic E-state index is 12.7. The van der Waals surface area contributed by atoms with Crippen LogP contribution in [0.15, 0.2) is 24.3 Å². The van der Waals surface area contributed by atoms with Crippen molar-refractivity contribution in [3.63, 3.8) is 0 Å². The Bertz CT molecular complexity index is 510. The average molecular weight is 319 g/mol. The van der Waals surface area contributed by atoms with Gasteiger partial charge in [0.1, 0.15) is 5.75 Å². The molecule has 5 nitrogen and oxygen atoms in total. The van der Waals surface area contributed by atoms with Crippen molar-refractivity contribution in [3.05, 3.63) is 29.8 Å². The second kappa shape index (κ2) is 7.79. The highest BCUT2D eigenvalue weighted by Crippen LogP contribution is 2.15. The van der Waals surface area contributed by atoms with Gasteiger partial charge in [-0.3, -0.25) is 9.69 Å². The van der Waals surface area contributed by atoms with Gasteiger partial charge in [-0.15, -0.1) is 0 Å². The lowest BCUT2D eigenvalue weighted by molar-refractivity contribution is -0.137. The first-order valence-electron chi connectivity index (χ1n) is 8.35. The Morgan fingerprint density at radius 3 is 2.30 bits per heavy atom. The van der Waals surface area contributed by atoms with Crippen molar-refractivity contribution in [1.82, 2.24) is 14.7 Å². The molecule has 1 fully saturated rings. The van der Waals surface area contributed by atoms with E-state index in [1.807, 2.05) is 31.0 Å². The van der Waals surface area contributed by atoms with Gasteiger partial charge in [0, 0.05) is 39.3 Å². The lowest BCUT2D eigenvalue weighted by atomic mass is 10.1. The van der Waals surface area contributed by atoms with Crippen molar-refractivity contribution in [3.8, 4) is 5.75 Å². The lowest BCUT2D eigenvalue weighted by Crippen LogP contribution is -2.54. The fraction of sp³-hybridized carbons (Fsp3) is 0.611. The fourth-order valence-corrected chi connectivity index (χ4v) is 2.99. The maximum absolute atomic E-state index is 12.7. The highest BCUT2D eigenvalue weighted by atomic mass is 16.3. The number of hydrogen-bond donors (Lipinski definition) is 1. The van der Waals surface area contributed by atoms with Crippen molar-refractivity contribution in [2.45, 2.75) is 32.4 Å². The Balaban J connectivity index is 1.91. The third-order valence-electron chi connectivity index (χ3n) is 4.92. The molecule has 1 aliphatic rings. The number of phenols is 1. The van der Waals surface area contributed by atoms with Crippen LogP contribution in [0.4, 0.5) is 0 Å². The molecule has 1 N–H and O–H groups in total. The second-order valence-electron chi connectivity index (χ2n) is 6.68. The van der Waals surface area contributed by atoms with Gasteiger partial charge in [0.2, 0.25) is 5.91 Å². The standard InChI is InChI=1S/C18H29N3O2/c1-14(13-16-5-7-17(22)8-6-16)20(4)18(23)15(2)21-11-9-19(3)10-12-21/h5-8,14-15,22H,9-13H2,1-4H3/t14-,15+/m1/s1. The smallest absolute Gasteiger partial charge is 0.239 e. The van der Waals surface area contributed by atoms with Gasteiger partial charge in [0.25, 0.3) is 0 Å². The van der Waals surface area contributed by atoms with Gasteiger partial charge in [-0.25, -0.2) is 0 Å². The first-order valence-corrected chi connectivity index (χ1v) is 8.35. The summed E-state index contributed by atoms with van der Waals surface area (Å²) in [7, 11) is 4.01. The molecule has 1 aromatic rings. The Hall–Kier alpha value is -1.59.